The van der Waals surface area contributed by atoms with Gasteiger partial charge in [0, 0.05) is 18.8 Å². The topological polar surface area (TPSA) is 29.5 Å². The zero-order valence-electron chi connectivity index (χ0n) is 11.7. The Labute approximate surface area is 117 Å². The molecule has 2 aromatic rings. The van der Waals surface area contributed by atoms with Gasteiger partial charge in [0.2, 0.25) is 0 Å². The summed E-state index contributed by atoms with van der Waals surface area (Å²) in [6.07, 6.45) is 0. The van der Waals surface area contributed by atoms with E-state index in [9.17, 15) is 9.18 Å². The summed E-state index contributed by atoms with van der Waals surface area (Å²) < 4.78 is 19.1. The van der Waals surface area contributed by atoms with Crippen LogP contribution >= 0.6 is 0 Å². The first kappa shape index (κ1) is 14.1. The van der Waals surface area contributed by atoms with E-state index in [0.29, 0.717) is 17.0 Å². The molecule has 0 aliphatic rings. The molecule has 0 bridgehead atoms. The van der Waals surface area contributed by atoms with Crippen molar-refractivity contribution in [1.82, 2.24) is 0 Å². The molecular weight excluding hydrogens is 257 g/mol. The van der Waals surface area contributed by atoms with Crippen LogP contribution in [0, 0.1) is 12.7 Å². The Kier molecular flexibility index (Phi) is 4.03. The third kappa shape index (κ3) is 2.64. The number of rotatable bonds is 3. The number of nitrogens with zero attached hydrogens (tertiary/aromatic N) is 1. The predicted molar refractivity (Wildman–Crippen MR) is 76.9 cm³/mol. The highest BCUT2D eigenvalue weighted by Gasteiger charge is 2.18. The van der Waals surface area contributed by atoms with Crippen LogP contribution in [-0.2, 0) is 0 Å². The molecule has 0 spiro atoms. The lowest BCUT2D eigenvalue weighted by Gasteiger charge is -2.18. The zero-order valence-corrected chi connectivity index (χ0v) is 11.7. The minimum absolute atomic E-state index is 0.0651. The highest BCUT2D eigenvalue weighted by molar-refractivity contribution is 6.06. The van der Waals surface area contributed by atoms with E-state index in [1.54, 1.807) is 57.5 Å². The molecule has 0 N–H and O–H groups in total. The second-order valence-corrected chi connectivity index (χ2v) is 4.50. The number of benzene rings is 2. The minimum atomic E-state index is -0.479. The van der Waals surface area contributed by atoms with Crippen LogP contribution in [0.3, 0.4) is 0 Å². The van der Waals surface area contributed by atoms with Crippen LogP contribution in [0.5, 0.6) is 5.75 Å². The van der Waals surface area contributed by atoms with Gasteiger partial charge in [0.25, 0.3) is 5.91 Å². The first-order valence-electron chi connectivity index (χ1n) is 6.22. The summed E-state index contributed by atoms with van der Waals surface area (Å²) in [7, 11) is 3.17. The molecule has 0 aliphatic carbocycles. The summed E-state index contributed by atoms with van der Waals surface area (Å²) >= 11 is 0. The molecule has 0 aliphatic heterocycles. The summed E-state index contributed by atoms with van der Waals surface area (Å²) in [6.45, 7) is 1.64. The van der Waals surface area contributed by atoms with Crippen molar-refractivity contribution in [1.29, 1.82) is 0 Å². The summed E-state index contributed by atoms with van der Waals surface area (Å²) in [5, 5.41) is 0. The third-order valence-electron chi connectivity index (χ3n) is 3.17. The van der Waals surface area contributed by atoms with Gasteiger partial charge in [-0.1, -0.05) is 18.2 Å². The van der Waals surface area contributed by atoms with Crippen LogP contribution in [0.4, 0.5) is 10.1 Å². The molecule has 0 aromatic heterocycles. The maximum Gasteiger partial charge on any atom is 0.260 e. The van der Waals surface area contributed by atoms with E-state index < -0.39 is 5.82 Å². The summed E-state index contributed by atoms with van der Waals surface area (Å²) in [6, 6.07) is 11.9. The van der Waals surface area contributed by atoms with Gasteiger partial charge in [-0.05, 0) is 30.7 Å². The van der Waals surface area contributed by atoms with Crippen molar-refractivity contribution in [3.8, 4) is 5.75 Å². The van der Waals surface area contributed by atoms with E-state index in [2.05, 4.69) is 0 Å². The van der Waals surface area contributed by atoms with Crippen molar-refractivity contribution < 1.29 is 13.9 Å². The van der Waals surface area contributed by atoms with Crippen LogP contribution in [0.25, 0.3) is 0 Å². The molecule has 0 unspecified atom stereocenters. The lowest BCUT2D eigenvalue weighted by molar-refractivity contribution is 0.0989. The highest BCUT2D eigenvalue weighted by Crippen LogP contribution is 2.22. The Morgan fingerprint density at radius 1 is 1.20 bits per heavy atom. The van der Waals surface area contributed by atoms with Gasteiger partial charge in [0.05, 0.1) is 12.7 Å². The van der Waals surface area contributed by atoms with Crippen molar-refractivity contribution in [2.45, 2.75) is 6.92 Å². The molecule has 0 saturated heterocycles. The van der Waals surface area contributed by atoms with Gasteiger partial charge < -0.3 is 9.64 Å². The van der Waals surface area contributed by atoms with E-state index in [0.717, 1.165) is 0 Å². The molecule has 0 radical (unpaired) electrons. The van der Waals surface area contributed by atoms with Crippen molar-refractivity contribution in [3.63, 3.8) is 0 Å². The van der Waals surface area contributed by atoms with Gasteiger partial charge >= 0.3 is 0 Å². The lowest BCUT2D eigenvalue weighted by atomic mass is 10.1. The zero-order chi connectivity index (χ0) is 14.7. The number of hydrogen-bond donors (Lipinski definition) is 0. The molecule has 3 nitrogen and oxygen atoms in total. The fraction of sp³-hybridized carbons (Fsp3) is 0.188. The highest BCUT2D eigenvalue weighted by atomic mass is 19.1. The molecule has 4 heteroatoms. The summed E-state index contributed by atoms with van der Waals surface area (Å²) in [4.78, 5) is 13.8. The monoisotopic (exact) mass is 273 g/mol. The average Bonchev–Trinajstić information content (AvgIpc) is 2.48. The fourth-order valence-corrected chi connectivity index (χ4v) is 1.93. The SMILES string of the molecule is COc1cccc(N(C)C(=O)c2cccc(C)c2F)c1. The van der Waals surface area contributed by atoms with E-state index >= 15 is 0 Å². The number of methoxy groups -OCH3 is 1. The van der Waals surface area contributed by atoms with E-state index in [1.807, 2.05) is 0 Å². The number of ether oxygens (including phenoxy) is 1. The number of carbonyl (C=O) groups excluding carboxylic acids is 1. The first-order valence-corrected chi connectivity index (χ1v) is 6.22. The van der Waals surface area contributed by atoms with Gasteiger partial charge in [-0.25, -0.2) is 4.39 Å². The van der Waals surface area contributed by atoms with Crippen LogP contribution in [-0.4, -0.2) is 20.1 Å². The Morgan fingerprint density at radius 3 is 2.60 bits per heavy atom. The van der Waals surface area contributed by atoms with Crippen molar-refractivity contribution in [3.05, 3.63) is 59.4 Å². The van der Waals surface area contributed by atoms with Crippen LogP contribution in [0.1, 0.15) is 15.9 Å². The molecule has 2 aromatic carbocycles. The summed E-state index contributed by atoms with van der Waals surface area (Å²) in [5.41, 5.74) is 1.17. The largest absolute Gasteiger partial charge is 0.497 e. The summed E-state index contributed by atoms with van der Waals surface area (Å²) in [5.74, 6) is -0.224. The Balaban J connectivity index is 2.35. The standard InChI is InChI=1S/C16H16FNO2/c1-11-6-4-9-14(15(11)17)16(19)18(2)12-7-5-8-13(10-12)20-3/h4-10H,1-3H3. The average molecular weight is 273 g/mol. The third-order valence-corrected chi connectivity index (χ3v) is 3.17. The van der Waals surface area contributed by atoms with E-state index in [4.69, 9.17) is 4.74 Å². The molecule has 0 heterocycles. The lowest BCUT2D eigenvalue weighted by Crippen LogP contribution is -2.27. The smallest absolute Gasteiger partial charge is 0.260 e. The first-order chi connectivity index (χ1) is 9.54. The van der Waals surface area contributed by atoms with Crippen LogP contribution in [0.2, 0.25) is 0 Å². The Hall–Kier alpha value is -2.36. The number of hydrogen-bond acceptors (Lipinski definition) is 2. The fourth-order valence-electron chi connectivity index (χ4n) is 1.93. The minimum Gasteiger partial charge on any atom is -0.497 e. The van der Waals surface area contributed by atoms with Gasteiger partial charge in [-0.3, -0.25) is 4.79 Å². The Morgan fingerprint density at radius 2 is 1.90 bits per heavy atom. The molecule has 2 rings (SSSR count). The van der Waals surface area contributed by atoms with Gasteiger partial charge in [-0.15, -0.1) is 0 Å². The maximum atomic E-state index is 14.0. The number of anilines is 1. The van der Waals surface area contributed by atoms with Gasteiger partial charge in [0.1, 0.15) is 11.6 Å². The quantitative estimate of drug-likeness (QED) is 0.857. The second-order valence-electron chi connectivity index (χ2n) is 4.50. The molecule has 0 saturated carbocycles. The number of carbonyl (C=O) groups is 1. The number of amides is 1. The molecule has 0 fully saturated rings. The molecular formula is C16H16FNO2. The van der Waals surface area contributed by atoms with Crippen LogP contribution in [0.15, 0.2) is 42.5 Å². The number of halogens is 1. The van der Waals surface area contributed by atoms with Crippen molar-refractivity contribution >= 4 is 11.6 Å². The second kappa shape index (κ2) is 5.74. The van der Waals surface area contributed by atoms with E-state index in [-0.39, 0.29) is 11.5 Å². The number of aryl methyl sites for hydroxylation is 1. The van der Waals surface area contributed by atoms with Crippen LogP contribution < -0.4 is 9.64 Å². The predicted octanol–water partition coefficient (Wildman–Crippen LogP) is 3.42. The maximum absolute atomic E-state index is 14.0. The molecule has 0 atom stereocenters. The molecule has 20 heavy (non-hydrogen) atoms. The van der Waals surface area contributed by atoms with Crippen molar-refractivity contribution in [2.75, 3.05) is 19.1 Å². The van der Waals surface area contributed by atoms with Gasteiger partial charge in [0.15, 0.2) is 0 Å². The van der Waals surface area contributed by atoms with Crippen molar-refractivity contribution in [2.24, 2.45) is 0 Å². The van der Waals surface area contributed by atoms with Gasteiger partial charge in [-0.2, -0.15) is 0 Å². The Bertz CT molecular complexity index is 640. The van der Waals surface area contributed by atoms with E-state index in [1.165, 1.54) is 11.0 Å². The molecule has 1 amide bonds. The molecule has 104 valence electrons. The normalized spacial score (nSPS) is 10.2.